The van der Waals surface area contributed by atoms with Crippen molar-refractivity contribution in [2.45, 2.75) is 63.6 Å². The number of hydrogen-bond acceptors (Lipinski definition) is 3. The highest BCUT2D eigenvalue weighted by atomic mass is 19.1. The lowest BCUT2D eigenvalue weighted by atomic mass is 9.55. The summed E-state index contributed by atoms with van der Waals surface area (Å²) in [6.07, 6.45) is 8.83. The summed E-state index contributed by atoms with van der Waals surface area (Å²) < 4.78 is 16.7. The number of hydrogen-bond donors (Lipinski definition) is 2. The maximum Gasteiger partial charge on any atom is 0.129 e. The lowest BCUT2D eigenvalue weighted by Gasteiger charge is -2.52. The fourth-order valence-electron chi connectivity index (χ4n) is 6.57. The van der Waals surface area contributed by atoms with Gasteiger partial charge >= 0.3 is 0 Å². The molecule has 1 aromatic carbocycles. The van der Waals surface area contributed by atoms with Crippen LogP contribution in [0.25, 0.3) is 11.3 Å². The summed E-state index contributed by atoms with van der Waals surface area (Å²) >= 11 is 0. The predicted octanol–water partition coefficient (Wildman–Crippen LogP) is 3.89. The molecule has 0 amide bonds. The molecule has 2 aromatic rings. The van der Waals surface area contributed by atoms with Gasteiger partial charge in [0.25, 0.3) is 0 Å². The molecule has 3 N–H and O–H groups in total. The first-order valence-corrected chi connectivity index (χ1v) is 10.2. The van der Waals surface area contributed by atoms with Gasteiger partial charge in [0, 0.05) is 17.2 Å². The van der Waals surface area contributed by atoms with Crippen LogP contribution in [0.5, 0.6) is 0 Å². The van der Waals surface area contributed by atoms with Crippen LogP contribution in [0.1, 0.15) is 57.1 Å². The molecule has 1 aliphatic heterocycles. The molecule has 3 aliphatic rings. The number of halogens is 1. The minimum atomic E-state index is -0.486. The smallest absolute Gasteiger partial charge is 0.129 e. The van der Waals surface area contributed by atoms with Crippen molar-refractivity contribution in [3.63, 3.8) is 0 Å². The third-order valence-corrected chi connectivity index (χ3v) is 7.31. The van der Waals surface area contributed by atoms with Crippen molar-refractivity contribution in [3.05, 3.63) is 42.1 Å². The molecule has 5 rings (SSSR count). The molecule has 4 nitrogen and oxygen atoms in total. The molecule has 27 heavy (non-hydrogen) atoms. The van der Waals surface area contributed by atoms with Crippen molar-refractivity contribution in [1.82, 2.24) is 9.55 Å². The molecule has 2 saturated carbocycles. The van der Waals surface area contributed by atoms with Crippen molar-refractivity contribution >= 4 is 0 Å². The molecule has 5 heteroatoms. The first-order valence-electron chi connectivity index (χ1n) is 10.2. The summed E-state index contributed by atoms with van der Waals surface area (Å²) in [7, 11) is 0. The SMILES string of the molecule is CC1CC2CC(N)CC(C(O)CC3c4c(F)cccc4-c4cncn43)(C1)C2. The maximum atomic E-state index is 14.7. The average Bonchev–Trinajstić information content (AvgIpc) is 3.17. The van der Waals surface area contributed by atoms with E-state index in [0.717, 1.165) is 36.9 Å². The maximum absolute atomic E-state index is 14.7. The van der Waals surface area contributed by atoms with Gasteiger partial charge in [0.15, 0.2) is 0 Å². The molecular weight excluding hydrogens is 341 g/mol. The molecule has 2 bridgehead atoms. The van der Waals surface area contributed by atoms with E-state index in [9.17, 15) is 9.50 Å². The zero-order valence-electron chi connectivity index (χ0n) is 15.8. The van der Waals surface area contributed by atoms with E-state index in [1.807, 2.05) is 10.6 Å². The summed E-state index contributed by atoms with van der Waals surface area (Å²) in [5.41, 5.74) is 8.79. The number of aromatic nitrogens is 2. The average molecular weight is 369 g/mol. The molecular formula is C22H28FN3O. The number of rotatable bonds is 3. The van der Waals surface area contributed by atoms with E-state index in [2.05, 4.69) is 11.9 Å². The van der Waals surface area contributed by atoms with E-state index in [1.165, 1.54) is 12.5 Å². The third kappa shape index (κ3) is 2.66. The number of fused-ring (bicyclic) bond motifs is 5. The second-order valence-electron chi connectivity index (χ2n) is 9.33. The molecule has 2 fully saturated rings. The Labute approximate surface area is 159 Å². The van der Waals surface area contributed by atoms with Gasteiger partial charge in [-0.05, 0) is 61.8 Å². The fraction of sp³-hybridized carbons (Fsp3) is 0.591. The van der Waals surface area contributed by atoms with E-state index in [4.69, 9.17) is 5.73 Å². The van der Waals surface area contributed by atoms with E-state index in [1.54, 1.807) is 18.6 Å². The fourth-order valence-corrected chi connectivity index (χ4v) is 6.57. The number of aliphatic hydroxyl groups is 1. The highest BCUT2D eigenvalue weighted by Crippen LogP contribution is 2.54. The van der Waals surface area contributed by atoms with Crippen molar-refractivity contribution in [3.8, 4) is 11.3 Å². The van der Waals surface area contributed by atoms with Crippen molar-refractivity contribution in [2.75, 3.05) is 0 Å². The Kier molecular flexibility index (Phi) is 3.96. The largest absolute Gasteiger partial charge is 0.392 e. The van der Waals surface area contributed by atoms with Crippen LogP contribution < -0.4 is 5.73 Å². The zero-order chi connectivity index (χ0) is 18.8. The lowest BCUT2D eigenvalue weighted by Crippen LogP contribution is -2.51. The number of aliphatic hydroxyl groups excluding tert-OH is 1. The Morgan fingerprint density at radius 2 is 2.19 bits per heavy atom. The Bertz CT molecular complexity index is 843. The monoisotopic (exact) mass is 369 g/mol. The van der Waals surface area contributed by atoms with Crippen LogP contribution >= 0.6 is 0 Å². The lowest BCUT2D eigenvalue weighted by molar-refractivity contribution is -0.0746. The molecule has 0 saturated heterocycles. The van der Waals surface area contributed by atoms with Crippen LogP contribution in [0.2, 0.25) is 0 Å². The van der Waals surface area contributed by atoms with Crippen LogP contribution in [-0.2, 0) is 0 Å². The summed E-state index contributed by atoms with van der Waals surface area (Å²) in [5, 5.41) is 11.4. The van der Waals surface area contributed by atoms with Crippen LogP contribution in [-0.4, -0.2) is 26.8 Å². The Balaban J connectivity index is 1.49. The normalized spacial score (nSPS) is 35.6. The van der Waals surface area contributed by atoms with E-state index >= 15 is 0 Å². The van der Waals surface area contributed by atoms with Crippen LogP contribution in [0.15, 0.2) is 30.7 Å². The Morgan fingerprint density at radius 1 is 1.33 bits per heavy atom. The van der Waals surface area contributed by atoms with Gasteiger partial charge in [0.05, 0.1) is 30.4 Å². The third-order valence-electron chi connectivity index (χ3n) is 7.31. The minimum absolute atomic E-state index is 0.130. The van der Waals surface area contributed by atoms with Crippen molar-refractivity contribution < 1.29 is 9.50 Å². The van der Waals surface area contributed by atoms with Gasteiger partial charge in [-0.2, -0.15) is 0 Å². The number of benzene rings is 1. The topological polar surface area (TPSA) is 64.1 Å². The Morgan fingerprint density at radius 3 is 3.04 bits per heavy atom. The minimum Gasteiger partial charge on any atom is -0.392 e. The first kappa shape index (κ1) is 17.4. The number of nitrogens with zero attached hydrogens (tertiary/aromatic N) is 2. The van der Waals surface area contributed by atoms with E-state index in [0.29, 0.717) is 23.8 Å². The summed E-state index contributed by atoms with van der Waals surface area (Å²) in [4.78, 5) is 4.27. The van der Waals surface area contributed by atoms with Gasteiger partial charge in [-0.25, -0.2) is 9.37 Å². The van der Waals surface area contributed by atoms with Gasteiger partial charge in [-0.1, -0.05) is 19.1 Å². The second-order valence-corrected chi connectivity index (χ2v) is 9.33. The highest BCUT2D eigenvalue weighted by molar-refractivity contribution is 5.69. The summed E-state index contributed by atoms with van der Waals surface area (Å²) in [5.74, 6) is 1.03. The van der Waals surface area contributed by atoms with Crippen molar-refractivity contribution in [1.29, 1.82) is 0 Å². The molecule has 2 heterocycles. The molecule has 144 valence electrons. The standard InChI is InChI=1S/C22H28FN3O/c1-13-5-14-6-15(24)10-22(8-13,9-14)20(27)7-18-21-16(3-2-4-17(21)23)19-11-25-12-26(18)19/h2-4,11-15,18,20,27H,5-10,24H2,1H3. The molecule has 6 unspecified atom stereocenters. The molecule has 2 aliphatic carbocycles. The predicted molar refractivity (Wildman–Crippen MR) is 103 cm³/mol. The zero-order valence-corrected chi connectivity index (χ0v) is 15.8. The molecule has 0 radical (unpaired) electrons. The van der Waals surface area contributed by atoms with Crippen molar-refractivity contribution in [2.24, 2.45) is 23.0 Å². The molecule has 6 atom stereocenters. The van der Waals surface area contributed by atoms with Gasteiger partial charge in [0.1, 0.15) is 5.82 Å². The second kappa shape index (κ2) is 6.14. The number of imidazole rings is 1. The highest BCUT2D eigenvalue weighted by Gasteiger charge is 2.49. The first-order chi connectivity index (χ1) is 13.0. The van der Waals surface area contributed by atoms with Crippen LogP contribution in [0.4, 0.5) is 4.39 Å². The summed E-state index contributed by atoms with van der Waals surface area (Å²) in [6, 6.07) is 5.19. The van der Waals surface area contributed by atoms with Gasteiger partial charge < -0.3 is 15.4 Å². The van der Waals surface area contributed by atoms with Gasteiger partial charge in [-0.15, -0.1) is 0 Å². The van der Waals surface area contributed by atoms with Crippen LogP contribution in [0, 0.1) is 23.1 Å². The van der Waals surface area contributed by atoms with E-state index in [-0.39, 0.29) is 23.3 Å². The number of nitrogens with two attached hydrogens (primary N) is 1. The van der Waals surface area contributed by atoms with Gasteiger partial charge in [-0.3, -0.25) is 0 Å². The quantitative estimate of drug-likeness (QED) is 0.863. The molecule has 0 spiro atoms. The van der Waals surface area contributed by atoms with Crippen LogP contribution in [0.3, 0.4) is 0 Å². The Hall–Kier alpha value is -1.72. The summed E-state index contributed by atoms with van der Waals surface area (Å²) in [6.45, 7) is 2.29. The van der Waals surface area contributed by atoms with Gasteiger partial charge in [0.2, 0.25) is 0 Å². The van der Waals surface area contributed by atoms with E-state index < -0.39 is 6.10 Å². The molecule has 1 aromatic heterocycles.